The lowest BCUT2D eigenvalue weighted by molar-refractivity contribution is -0.127. The maximum absolute atomic E-state index is 12.9. The highest BCUT2D eigenvalue weighted by molar-refractivity contribution is 8.00. The molecule has 0 aliphatic carbocycles. The minimum Gasteiger partial charge on any atom is -0.324 e. The van der Waals surface area contributed by atoms with Gasteiger partial charge in [-0.3, -0.25) is 4.79 Å². The molecule has 0 unspecified atom stereocenters. The minimum absolute atomic E-state index is 0.0514. The second-order valence-corrected chi connectivity index (χ2v) is 5.88. The highest BCUT2D eigenvalue weighted by Gasteiger charge is 2.33. The van der Waals surface area contributed by atoms with Crippen LogP contribution in [0.3, 0.4) is 0 Å². The first kappa shape index (κ1) is 14.1. The number of carbonyl (C=O) groups excluding carboxylic acids is 1. The van der Waals surface area contributed by atoms with Gasteiger partial charge in [0, 0.05) is 6.54 Å². The standard InChI is InChI=1S/C14H15FN4OS/c1-2-19-13(20)9-21-14(19)12-8-18(17-16-12)7-10-3-5-11(15)6-4-10/h3-6,8,14H,2,7,9H2,1H3/t14-/m0/s1. The van der Waals surface area contributed by atoms with Crippen LogP contribution in [0.4, 0.5) is 4.39 Å². The van der Waals surface area contributed by atoms with Crippen LogP contribution in [0.5, 0.6) is 0 Å². The van der Waals surface area contributed by atoms with Gasteiger partial charge in [0.15, 0.2) is 0 Å². The van der Waals surface area contributed by atoms with Crippen LogP contribution < -0.4 is 0 Å². The molecule has 0 N–H and O–H groups in total. The van der Waals surface area contributed by atoms with E-state index < -0.39 is 0 Å². The molecule has 21 heavy (non-hydrogen) atoms. The molecule has 3 rings (SSSR count). The van der Waals surface area contributed by atoms with Gasteiger partial charge >= 0.3 is 0 Å². The van der Waals surface area contributed by atoms with Gasteiger partial charge in [0.2, 0.25) is 5.91 Å². The number of nitrogens with zero attached hydrogens (tertiary/aromatic N) is 4. The third-order valence-electron chi connectivity index (χ3n) is 3.38. The molecular weight excluding hydrogens is 291 g/mol. The Bertz CT molecular complexity index is 643. The Morgan fingerprint density at radius 1 is 1.38 bits per heavy atom. The number of hydrogen-bond acceptors (Lipinski definition) is 4. The molecule has 0 radical (unpaired) electrons. The zero-order valence-electron chi connectivity index (χ0n) is 11.6. The number of thioether (sulfide) groups is 1. The van der Waals surface area contributed by atoms with Crippen LogP contribution >= 0.6 is 11.8 Å². The molecule has 1 atom stereocenters. The SMILES string of the molecule is CCN1C(=O)CS[C@H]1c1cn(Cc2ccc(F)cc2)nn1. The molecule has 0 bridgehead atoms. The molecule has 1 aliphatic heterocycles. The lowest BCUT2D eigenvalue weighted by atomic mass is 10.2. The van der Waals surface area contributed by atoms with Crippen molar-refractivity contribution in [1.82, 2.24) is 19.9 Å². The zero-order valence-corrected chi connectivity index (χ0v) is 12.4. The summed E-state index contributed by atoms with van der Waals surface area (Å²) in [6.07, 6.45) is 1.85. The molecule has 1 fully saturated rings. The molecule has 1 saturated heterocycles. The van der Waals surface area contributed by atoms with E-state index in [1.54, 1.807) is 33.5 Å². The first-order valence-electron chi connectivity index (χ1n) is 6.73. The van der Waals surface area contributed by atoms with Gasteiger partial charge in [-0.15, -0.1) is 16.9 Å². The van der Waals surface area contributed by atoms with E-state index >= 15 is 0 Å². The molecule has 2 aromatic rings. The first-order valence-corrected chi connectivity index (χ1v) is 7.78. The van der Waals surface area contributed by atoms with Gasteiger partial charge in [0.25, 0.3) is 0 Å². The van der Waals surface area contributed by atoms with E-state index in [2.05, 4.69) is 10.3 Å². The van der Waals surface area contributed by atoms with Gasteiger partial charge in [-0.1, -0.05) is 17.3 Å². The Morgan fingerprint density at radius 3 is 2.86 bits per heavy atom. The predicted octanol–water partition coefficient (Wildman–Crippen LogP) is 2.06. The van der Waals surface area contributed by atoms with Crippen LogP contribution in [0, 0.1) is 5.82 Å². The van der Waals surface area contributed by atoms with E-state index in [0.29, 0.717) is 18.8 Å². The summed E-state index contributed by atoms with van der Waals surface area (Å²) >= 11 is 1.57. The quantitative estimate of drug-likeness (QED) is 0.867. The lowest BCUT2D eigenvalue weighted by Gasteiger charge is -2.19. The Morgan fingerprint density at radius 2 is 2.14 bits per heavy atom. The maximum atomic E-state index is 12.9. The average molecular weight is 306 g/mol. The highest BCUT2D eigenvalue weighted by atomic mass is 32.2. The van der Waals surface area contributed by atoms with Gasteiger partial charge in [0.05, 0.1) is 18.5 Å². The van der Waals surface area contributed by atoms with Gasteiger partial charge in [-0.2, -0.15) is 0 Å². The van der Waals surface area contributed by atoms with Crippen molar-refractivity contribution in [3.05, 3.63) is 47.5 Å². The number of benzene rings is 1. The third kappa shape index (κ3) is 2.92. The number of rotatable bonds is 4. The normalized spacial score (nSPS) is 18.5. The summed E-state index contributed by atoms with van der Waals surface area (Å²) in [6, 6.07) is 6.31. The summed E-state index contributed by atoms with van der Waals surface area (Å²) in [4.78, 5) is 13.5. The fraction of sp³-hybridized carbons (Fsp3) is 0.357. The predicted molar refractivity (Wildman–Crippen MR) is 78.1 cm³/mol. The van der Waals surface area contributed by atoms with Crippen molar-refractivity contribution in [2.75, 3.05) is 12.3 Å². The smallest absolute Gasteiger partial charge is 0.233 e. The molecule has 1 aromatic heterocycles. The Labute approximate surface area is 126 Å². The molecule has 1 amide bonds. The van der Waals surface area contributed by atoms with E-state index in [0.717, 1.165) is 11.3 Å². The van der Waals surface area contributed by atoms with Crippen LogP contribution in [-0.4, -0.2) is 38.1 Å². The van der Waals surface area contributed by atoms with Gasteiger partial charge in [-0.25, -0.2) is 9.07 Å². The fourth-order valence-corrected chi connectivity index (χ4v) is 3.51. The molecule has 0 spiro atoms. The number of hydrogen-bond donors (Lipinski definition) is 0. The van der Waals surface area contributed by atoms with Crippen LogP contribution in [0.15, 0.2) is 30.5 Å². The molecule has 1 aliphatic rings. The van der Waals surface area contributed by atoms with Gasteiger partial charge in [0.1, 0.15) is 16.9 Å². The largest absolute Gasteiger partial charge is 0.324 e. The molecule has 110 valence electrons. The van der Waals surface area contributed by atoms with Gasteiger partial charge in [-0.05, 0) is 24.6 Å². The molecule has 0 saturated carbocycles. The molecule has 2 heterocycles. The van der Waals surface area contributed by atoms with E-state index in [9.17, 15) is 9.18 Å². The summed E-state index contributed by atoms with van der Waals surface area (Å²) in [6.45, 7) is 3.16. The van der Waals surface area contributed by atoms with E-state index in [1.807, 2.05) is 13.1 Å². The molecular formula is C14H15FN4OS. The highest BCUT2D eigenvalue weighted by Crippen LogP contribution is 2.36. The summed E-state index contributed by atoms with van der Waals surface area (Å²) in [5.74, 6) is 0.377. The second kappa shape index (κ2) is 5.85. The first-order chi connectivity index (χ1) is 10.2. The second-order valence-electron chi connectivity index (χ2n) is 4.81. The maximum Gasteiger partial charge on any atom is 0.233 e. The average Bonchev–Trinajstić information content (AvgIpc) is 3.07. The minimum atomic E-state index is -0.252. The van der Waals surface area contributed by atoms with Crippen molar-refractivity contribution in [1.29, 1.82) is 0 Å². The van der Waals surface area contributed by atoms with Crippen molar-refractivity contribution in [2.45, 2.75) is 18.8 Å². The Hall–Kier alpha value is -1.89. The summed E-state index contributed by atoms with van der Waals surface area (Å²) in [5, 5.41) is 8.21. The summed E-state index contributed by atoms with van der Waals surface area (Å²) in [7, 11) is 0. The number of carbonyl (C=O) groups is 1. The van der Waals surface area contributed by atoms with Crippen molar-refractivity contribution < 1.29 is 9.18 Å². The van der Waals surface area contributed by atoms with Crippen LogP contribution in [0.25, 0.3) is 0 Å². The molecule has 5 nitrogen and oxygen atoms in total. The number of halogens is 1. The summed E-state index contributed by atoms with van der Waals surface area (Å²) < 4.78 is 14.6. The van der Waals surface area contributed by atoms with E-state index in [-0.39, 0.29) is 17.1 Å². The van der Waals surface area contributed by atoms with Crippen LogP contribution in [0.1, 0.15) is 23.6 Å². The van der Waals surface area contributed by atoms with Crippen molar-refractivity contribution in [2.24, 2.45) is 0 Å². The Kier molecular flexibility index (Phi) is 3.92. The lowest BCUT2D eigenvalue weighted by Crippen LogP contribution is -2.27. The van der Waals surface area contributed by atoms with E-state index in [4.69, 9.17) is 0 Å². The Balaban J connectivity index is 1.74. The topological polar surface area (TPSA) is 51.0 Å². The van der Waals surface area contributed by atoms with Crippen molar-refractivity contribution >= 4 is 17.7 Å². The number of amides is 1. The fourth-order valence-electron chi connectivity index (χ4n) is 2.32. The van der Waals surface area contributed by atoms with Crippen LogP contribution in [-0.2, 0) is 11.3 Å². The third-order valence-corrected chi connectivity index (χ3v) is 4.60. The molecule has 7 heteroatoms. The molecule has 1 aromatic carbocycles. The monoisotopic (exact) mass is 306 g/mol. The summed E-state index contributed by atoms with van der Waals surface area (Å²) in [5.41, 5.74) is 1.74. The van der Waals surface area contributed by atoms with Crippen LogP contribution in [0.2, 0.25) is 0 Å². The van der Waals surface area contributed by atoms with Crippen molar-refractivity contribution in [3.63, 3.8) is 0 Å². The van der Waals surface area contributed by atoms with E-state index in [1.165, 1.54) is 12.1 Å². The van der Waals surface area contributed by atoms with Gasteiger partial charge < -0.3 is 4.90 Å². The van der Waals surface area contributed by atoms with Crippen molar-refractivity contribution in [3.8, 4) is 0 Å². The number of aromatic nitrogens is 3. The zero-order chi connectivity index (χ0) is 14.8.